The summed E-state index contributed by atoms with van der Waals surface area (Å²) in [6.07, 6.45) is 1.96. The normalized spacial score (nSPS) is 19.9. The van der Waals surface area contributed by atoms with Gasteiger partial charge in [-0.3, -0.25) is 0 Å². The molecule has 0 amide bonds. The van der Waals surface area contributed by atoms with Gasteiger partial charge in [-0.1, -0.05) is 29.3 Å². The quantitative estimate of drug-likeness (QED) is 0.838. The summed E-state index contributed by atoms with van der Waals surface area (Å²) in [6, 6.07) is 5.75. The molecule has 2 rings (SSSR count). The van der Waals surface area contributed by atoms with E-state index in [1.807, 2.05) is 18.2 Å². The molecule has 16 heavy (non-hydrogen) atoms. The van der Waals surface area contributed by atoms with E-state index in [-0.39, 0.29) is 5.54 Å². The highest BCUT2D eigenvalue weighted by Gasteiger charge is 2.26. The summed E-state index contributed by atoms with van der Waals surface area (Å²) in [5.41, 5.74) is 7.08. The van der Waals surface area contributed by atoms with Crippen LogP contribution >= 0.6 is 23.2 Å². The molecule has 1 aromatic carbocycles. The lowest BCUT2D eigenvalue weighted by molar-refractivity contribution is 0.364. The van der Waals surface area contributed by atoms with Crippen molar-refractivity contribution in [3.05, 3.63) is 28.2 Å². The Labute approximate surface area is 106 Å². The van der Waals surface area contributed by atoms with E-state index in [1.54, 1.807) is 0 Å². The number of hydrogen-bond acceptors (Lipinski definition) is 2. The molecule has 1 aliphatic rings. The van der Waals surface area contributed by atoms with Crippen LogP contribution in [-0.4, -0.2) is 18.6 Å². The van der Waals surface area contributed by atoms with Crippen LogP contribution in [0.3, 0.4) is 0 Å². The molecule has 0 bridgehead atoms. The highest BCUT2D eigenvalue weighted by Crippen LogP contribution is 2.34. The molecule has 0 atom stereocenters. The van der Waals surface area contributed by atoms with Gasteiger partial charge in [-0.05, 0) is 31.9 Å². The first kappa shape index (κ1) is 12.0. The highest BCUT2D eigenvalue weighted by atomic mass is 35.5. The van der Waals surface area contributed by atoms with E-state index in [1.165, 1.54) is 0 Å². The number of nitrogens with two attached hydrogens (primary N) is 1. The molecule has 0 aliphatic carbocycles. The first-order valence-electron chi connectivity index (χ1n) is 5.47. The zero-order valence-electron chi connectivity index (χ0n) is 9.34. The third-order valence-electron chi connectivity index (χ3n) is 3.18. The van der Waals surface area contributed by atoms with Gasteiger partial charge in [0.15, 0.2) is 0 Å². The Bertz CT molecular complexity index is 381. The lowest BCUT2D eigenvalue weighted by atomic mass is 9.91. The zero-order valence-corrected chi connectivity index (χ0v) is 10.9. The summed E-state index contributed by atoms with van der Waals surface area (Å²) in [5.74, 6) is 0. The second kappa shape index (κ2) is 4.44. The fraction of sp³-hybridized carbons (Fsp3) is 0.500. The summed E-state index contributed by atoms with van der Waals surface area (Å²) in [5, 5.41) is 1.25. The van der Waals surface area contributed by atoms with Crippen LogP contribution in [0.5, 0.6) is 0 Å². The molecule has 0 aromatic heterocycles. The van der Waals surface area contributed by atoms with Crippen LogP contribution < -0.4 is 10.6 Å². The van der Waals surface area contributed by atoms with Gasteiger partial charge in [-0.25, -0.2) is 0 Å². The lowest BCUT2D eigenvalue weighted by Gasteiger charge is -2.38. The number of hydrogen-bond donors (Lipinski definition) is 1. The van der Waals surface area contributed by atoms with E-state index < -0.39 is 0 Å². The van der Waals surface area contributed by atoms with Gasteiger partial charge in [0, 0.05) is 18.6 Å². The van der Waals surface area contributed by atoms with Crippen LogP contribution in [0.25, 0.3) is 0 Å². The maximum atomic E-state index is 6.19. The number of piperidine rings is 1. The molecule has 1 aromatic rings. The van der Waals surface area contributed by atoms with Crippen molar-refractivity contribution < 1.29 is 0 Å². The third kappa shape index (κ3) is 2.45. The second-order valence-corrected chi connectivity index (χ2v) is 5.50. The molecule has 0 saturated carbocycles. The minimum Gasteiger partial charge on any atom is -0.370 e. The number of rotatable bonds is 1. The van der Waals surface area contributed by atoms with E-state index in [2.05, 4.69) is 11.8 Å². The van der Waals surface area contributed by atoms with E-state index in [0.717, 1.165) is 31.6 Å². The van der Waals surface area contributed by atoms with Gasteiger partial charge >= 0.3 is 0 Å². The Balaban J connectivity index is 2.17. The Hall–Kier alpha value is -0.440. The van der Waals surface area contributed by atoms with Gasteiger partial charge in [0.25, 0.3) is 0 Å². The monoisotopic (exact) mass is 258 g/mol. The van der Waals surface area contributed by atoms with Crippen molar-refractivity contribution >= 4 is 28.9 Å². The van der Waals surface area contributed by atoms with Crippen LogP contribution in [-0.2, 0) is 0 Å². The Morgan fingerprint density at radius 3 is 2.50 bits per heavy atom. The van der Waals surface area contributed by atoms with E-state index in [4.69, 9.17) is 28.9 Å². The van der Waals surface area contributed by atoms with Gasteiger partial charge in [0.1, 0.15) is 0 Å². The van der Waals surface area contributed by atoms with Crippen LogP contribution in [0.1, 0.15) is 19.8 Å². The van der Waals surface area contributed by atoms with E-state index in [9.17, 15) is 0 Å². The molecule has 0 unspecified atom stereocenters. The van der Waals surface area contributed by atoms with Crippen LogP contribution in [0, 0.1) is 0 Å². The van der Waals surface area contributed by atoms with Crippen molar-refractivity contribution in [3.8, 4) is 0 Å². The SMILES string of the molecule is CC1(N)CCN(c2cccc(Cl)c2Cl)CC1. The number of nitrogens with zero attached hydrogens (tertiary/aromatic N) is 1. The predicted molar refractivity (Wildman–Crippen MR) is 70.5 cm³/mol. The molecule has 1 heterocycles. The Morgan fingerprint density at radius 2 is 1.88 bits per heavy atom. The molecule has 2 N–H and O–H groups in total. The van der Waals surface area contributed by atoms with Crippen molar-refractivity contribution in [1.29, 1.82) is 0 Å². The smallest absolute Gasteiger partial charge is 0.0825 e. The van der Waals surface area contributed by atoms with Crippen LogP contribution in [0.15, 0.2) is 18.2 Å². The largest absolute Gasteiger partial charge is 0.370 e. The first-order chi connectivity index (χ1) is 7.49. The van der Waals surface area contributed by atoms with Gasteiger partial charge in [-0.2, -0.15) is 0 Å². The Kier molecular flexibility index (Phi) is 3.34. The first-order valence-corrected chi connectivity index (χ1v) is 6.23. The van der Waals surface area contributed by atoms with Crippen LogP contribution in [0.4, 0.5) is 5.69 Å². The molecular formula is C12H16Cl2N2. The summed E-state index contributed by atoms with van der Waals surface area (Å²) in [7, 11) is 0. The van der Waals surface area contributed by atoms with Crippen LogP contribution in [0.2, 0.25) is 10.0 Å². The molecule has 88 valence electrons. The number of anilines is 1. The highest BCUT2D eigenvalue weighted by molar-refractivity contribution is 6.43. The number of benzene rings is 1. The fourth-order valence-corrected chi connectivity index (χ4v) is 2.41. The molecule has 0 radical (unpaired) electrons. The minimum absolute atomic E-state index is 0.0401. The minimum atomic E-state index is -0.0401. The third-order valence-corrected chi connectivity index (χ3v) is 3.99. The van der Waals surface area contributed by atoms with Crippen molar-refractivity contribution in [2.45, 2.75) is 25.3 Å². The molecule has 0 spiro atoms. The lowest BCUT2D eigenvalue weighted by Crippen LogP contribution is -2.48. The summed E-state index contributed by atoms with van der Waals surface area (Å²) >= 11 is 12.2. The molecule has 1 fully saturated rings. The zero-order chi connectivity index (χ0) is 11.8. The Morgan fingerprint density at radius 1 is 1.25 bits per heavy atom. The maximum Gasteiger partial charge on any atom is 0.0825 e. The van der Waals surface area contributed by atoms with E-state index in [0.29, 0.717) is 10.0 Å². The number of halogens is 2. The van der Waals surface area contributed by atoms with Gasteiger partial charge in [0.05, 0.1) is 15.7 Å². The molecule has 2 nitrogen and oxygen atoms in total. The van der Waals surface area contributed by atoms with Gasteiger partial charge < -0.3 is 10.6 Å². The summed E-state index contributed by atoms with van der Waals surface area (Å²) < 4.78 is 0. The topological polar surface area (TPSA) is 29.3 Å². The van der Waals surface area contributed by atoms with Gasteiger partial charge in [-0.15, -0.1) is 0 Å². The summed E-state index contributed by atoms with van der Waals surface area (Å²) in [4.78, 5) is 2.25. The maximum absolute atomic E-state index is 6.19. The average Bonchev–Trinajstić information content (AvgIpc) is 2.23. The van der Waals surface area contributed by atoms with Crippen molar-refractivity contribution in [2.24, 2.45) is 5.73 Å². The van der Waals surface area contributed by atoms with Crippen molar-refractivity contribution in [2.75, 3.05) is 18.0 Å². The molecule has 4 heteroatoms. The van der Waals surface area contributed by atoms with Gasteiger partial charge in [0.2, 0.25) is 0 Å². The van der Waals surface area contributed by atoms with Crippen molar-refractivity contribution in [3.63, 3.8) is 0 Å². The predicted octanol–water partition coefficient (Wildman–Crippen LogP) is 3.31. The summed E-state index contributed by atoms with van der Waals surface area (Å²) in [6.45, 7) is 3.98. The molecule has 1 aliphatic heterocycles. The fourth-order valence-electron chi connectivity index (χ4n) is 2.00. The molecule has 1 saturated heterocycles. The molecular weight excluding hydrogens is 243 g/mol. The standard InChI is InChI=1S/C12H16Cl2N2/c1-12(15)5-7-16(8-6-12)10-4-2-3-9(13)11(10)14/h2-4H,5-8,15H2,1H3. The van der Waals surface area contributed by atoms with E-state index >= 15 is 0 Å². The van der Waals surface area contributed by atoms with Crippen molar-refractivity contribution in [1.82, 2.24) is 0 Å². The average molecular weight is 259 g/mol. The second-order valence-electron chi connectivity index (χ2n) is 4.71.